The number of hydrogen-bond acceptors (Lipinski definition) is 6. The number of pyridine rings is 1. The van der Waals surface area contributed by atoms with Gasteiger partial charge in [-0.25, -0.2) is 10.4 Å². The Bertz CT molecular complexity index is 1290. The molecule has 7 nitrogen and oxygen atoms in total. The zero-order chi connectivity index (χ0) is 22.7. The average molecular weight is 449 g/mol. The van der Waals surface area contributed by atoms with Crippen LogP contribution < -0.4 is 14.9 Å². The van der Waals surface area contributed by atoms with Gasteiger partial charge in [-0.15, -0.1) is 11.3 Å². The van der Waals surface area contributed by atoms with Crippen molar-refractivity contribution < 1.29 is 14.3 Å². The molecule has 0 bridgehead atoms. The Hall–Kier alpha value is -3.65. The Labute approximate surface area is 190 Å². The molecule has 164 valence electrons. The minimum atomic E-state index is -0.288. The number of carbonyl (C=O) groups excluding carboxylic acids is 1. The van der Waals surface area contributed by atoms with E-state index in [2.05, 4.69) is 15.5 Å². The van der Waals surface area contributed by atoms with Crippen LogP contribution in [-0.2, 0) is 0 Å². The molecule has 1 amide bonds. The van der Waals surface area contributed by atoms with Crippen LogP contribution in [0.25, 0.3) is 15.9 Å². The van der Waals surface area contributed by atoms with Gasteiger partial charge in [-0.1, -0.05) is 0 Å². The van der Waals surface area contributed by atoms with Crippen molar-refractivity contribution in [3.8, 4) is 17.2 Å². The standard InChI is InChI=1S/C24H24N4O3S/c1-5-31-19-13-17(8-9-18(19)30-4)14-25-27-23(29)22-21(28-10-6-7-11-28)20-15(2)12-16(3)26-24(20)32-22/h6-14H,5H2,1-4H3,(H,27,29)/b25-14+. The second-order valence-electron chi connectivity index (χ2n) is 7.17. The third-order valence-corrected chi connectivity index (χ3v) is 5.97. The molecule has 8 heteroatoms. The molecule has 0 unspecified atom stereocenters. The van der Waals surface area contributed by atoms with Gasteiger partial charge >= 0.3 is 0 Å². The van der Waals surface area contributed by atoms with Gasteiger partial charge < -0.3 is 14.0 Å². The summed E-state index contributed by atoms with van der Waals surface area (Å²) in [5, 5.41) is 5.14. The van der Waals surface area contributed by atoms with Crippen LogP contribution in [0.1, 0.15) is 33.4 Å². The third-order valence-electron chi connectivity index (χ3n) is 4.90. The quantitative estimate of drug-likeness (QED) is 0.323. The molecule has 0 spiro atoms. The molecule has 0 aliphatic rings. The zero-order valence-corrected chi connectivity index (χ0v) is 19.2. The smallest absolute Gasteiger partial charge is 0.283 e. The SMILES string of the molecule is CCOc1cc(/C=N/NC(=O)c2sc3nc(C)cc(C)c3c2-n2cccc2)ccc1OC. The van der Waals surface area contributed by atoms with Gasteiger partial charge in [0.1, 0.15) is 9.71 Å². The molecule has 0 atom stereocenters. The summed E-state index contributed by atoms with van der Waals surface area (Å²) in [4.78, 5) is 19.1. The maximum atomic E-state index is 13.1. The number of fused-ring (bicyclic) bond motifs is 1. The van der Waals surface area contributed by atoms with E-state index in [1.807, 2.05) is 68.1 Å². The molecular weight excluding hydrogens is 424 g/mol. The Morgan fingerprint density at radius 3 is 2.72 bits per heavy atom. The highest BCUT2D eigenvalue weighted by molar-refractivity contribution is 7.21. The van der Waals surface area contributed by atoms with Gasteiger partial charge in [0.05, 0.1) is 25.6 Å². The fraction of sp³-hybridized carbons (Fsp3) is 0.208. The van der Waals surface area contributed by atoms with Crippen LogP contribution in [-0.4, -0.2) is 35.4 Å². The highest BCUT2D eigenvalue weighted by Crippen LogP contribution is 2.35. The van der Waals surface area contributed by atoms with Crippen molar-refractivity contribution in [1.82, 2.24) is 15.0 Å². The van der Waals surface area contributed by atoms with Crippen LogP contribution in [0.5, 0.6) is 11.5 Å². The first-order chi connectivity index (χ1) is 15.5. The van der Waals surface area contributed by atoms with Crippen molar-refractivity contribution in [3.05, 3.63) is 70.5 Å². The lowest BCUT2D eigenvalue weighted by molar-refractivity contribution is 0.0959. The molecule has 0 aliphatic heterocycles. The Morgan fingerprint density at radius 2 is 2.00 bits per heavy atom. The van der Waals surface area contributed by atoms with Gasteiger partial charge in [-0.3, -0.25) is 4.79 Å². The fourth-order valence-electron chi connectivity index (χ4n) is 3.56. The number of benzene rings is 1. The van der Waals surface area contributed by atoms with E-state index < -0.39 is 0 Å². The number of carbonyl (C=O) groups is 1. The summed E-state index contributed by atoms with van der Waals surface area (Å²) in [6.07, 6.45) is 5.43. The number of nitrogens with zero attached hydrogens (tertiary/aromatic N) is 3. The van der Waals surface area contributed by atoms with E-state index in [1.54, 1.807) is 19.4 Å². The number of aryl methyl sites for hydroxylation is 2. The van der Waals surface area contributed by atoms with Crippen molar-refractivity contribution >= 4 is 33.7 Å². The lowest BCUT2D eigenvalue weighted by Gasteiger charge is -2.09. The monoisotopic (exact) mass is 448 g/mol. The third kappa shape index (κ3) is 4.22. The Balaban J connectivity index is 1.64. The molecule has 4 rings (SSSR count). The summed E-state index contributed by atoms with van der Waals surface area (Å²) in [7, 11) is 1.59. The summed E-state index contributed by atoms with van der Waals surface area (Å²) < 4.78 is 12.8. The van der Waals surface area contributed by atoms with E-state index in [0.29, 0.717) is 23.0 Å². The van der Waals surface area contributed by atoms with Gasteiger partial charge in [0.25, 0.3) is 5.91 Å². The number of aromatic nitrogens is 2. The maximum absolute atomic E-state index is 13.1. The minimum absolute atomic E-state index is 0.288. The first-order valence-corrected chi connectivity index (χ1v) is 11.0. The number of methoxy groups -OCH3 is 1. The van der Waals surface area contributed by atoms with Crippen LogP contribution >= 0.6 is 11.3 Å². The first kappa shape index (κ1) is 21.6. The van der Waals surface area contributed by atoms with E-state index in [0.717, 1.165) is 32.7 Å². The highest BCUT2D eigenvalue weighted by atomic mass is 32.1. The number of nitrogens with one attached hydrogen (secondary N) is 1. The van der Waals surface area contributed by atoms with E-state index in [9.17, 15) is 4.79 Å². The maximum Gasteiger partial charge on any atom is 0.283 e. The average Bonchev–Trinajstić information content (AvgIpc) is 3.42. The molecule has 3 heterocycles. The molecule has 0 saturated carbocycles. The minimum Gasteiger partial charge on any atom is -0.493 e. The molecule has 0 aliphatic carbocycles. The largest absolute Gasteiger partial charge is 0.493 e. The van der Waals surface area contributed by atoms with E-state index >= 15 is 0 Å². The van der Waals surface area contributed by atoms with Crippen molar-refractivity contribution in [2.45, 2.75) is 20.8 Å². The summed E-state index contributed by atoms with van der Waals surface area (Å²) in [5.41, 5.74) is 6.25. The number of hydrogen-bond donors (Lipinski definition) is 1. The summed E-state index contributed by atoms with van der Waals surface area (Å²) >= 11 is 1.36. The predicted molar refractivity (Wildman–Crippen MR) is 128 cm³/mol. The molecule has 1 aromatic carbocycles. The van der Waals surface area contributed by atoms with Crippen LogP contribution in [0.3, 0.4) is 0 Å². The highest BCUT2D eigenvalue weighted by Gasteiger charge is 2.22. The molecule has 32 heavy (non-hydrogen) atoms. The molecule has 1 N–H and O–H groups in total. The van der Waals surface area contributed by atoms with Gasteiger partial charge in [0.2, 0.25) is 0 Å². The molecule has 3 aromatic heterocycles. The Kier molecular flexibility index (Phi) is 6.23. The van der Waals surface area contributed by atoms with Crippen LogP contribution in [0.15, 0.2) is 53.9 Å². The number of amides is 1. The molecule has 4 aromatic rings. The summed E-state index contributed by atoms with van der Waals surface area (Å²) in [6, 6.07) is 11.4. The number of thiophene rings is 1. The van der Waals surface area contributed by atoms with Crippen molar-refractivity contribution in [1.29, 1.82) is 0 Å². The summed E-state index contributed by atoms with van der Waals surface area (Å²) in [6.45, 7) is 6.42. The fourth-order valence-corrected chi connectivity index (χ4v) is 4.75. The molecule has 0 saturated heterocycles. The second-order valence-corrected chi connectivity index (χ2v) is 8.17. The van der Waals surface area contributed by atoms with Gasteiger partial charge in [-0.05, 0) is 68.3 Å². The second kappa shape index (κ2) is 9.23. The van der Waals surface area contributed by atoms with Crippen LogP contribution in [0.2, 0.25) is 0 Å². The molecule has 0 radical (unpaired) electrons. The van der Waals surface area contributed by atoms with E-state index in [4.69, 9.17) is 9.47 Å². The topological polar surface area (TPSA) is 77.7 Å². The predicted octanol–water partition coefficient (Wildman–Crippen LogP) is 4.88. The lowest BCUT2D eigenvalue weighted by Crippen LogP contribution is -2.18. The van der Waals surface area contributed by atoms with Crippen LogP contribution in [0, 0.1) is 13.8 Å². The zero-order valence-electron chi connectivity index (χ0n) is 18.4. The van der Waals surface area contributed by atoms with E-state index in [-0.39, 0.29) is 5.91 Å². The van der Waals surface area contributed by atoms with Gasteiger partial charge in [-0.2, -0.15) is 5.10 Å². The van der Waals surface area contributed by atoms with E-state index in [1.165, 1.54) is 11.3 Å². The number of ether oxygens (including phenoxy) is 2. The normalized spacial score (nSPS) is 11.2. The van der Waals surface area contributed by atoms with Crippen molar-refractivity contribution in [3.63, 3.8) is 0 Å². The Morgan fingerprint density at radius 1 is 1.22 bits per heavy atom. The molecule has 0 fully saturated rings. The van der Waals surface area contributed by atoms with Crippen molar-refractivity contribution in [2.75, 3.05) is 13.7 Å². The molecular formula is C24H24N4O3S. The summed E-state index contributed by atoms with van der Waals surface area (Å²) in [5.74, 6) is 0.984. The number of hydrazone groups is 1. The number of rotatable bonds is 7. The van der Waals surface area contributed by atoms with Crippen molar-refractivity contribution in [2.24, 2.45) is 5.10 Å². The first-order valence-electron chi connectivity index (χ1n) is 10.2. The van der Waals surface area contributed by atoms with Gasteiger partial charge in [0, 0.05) is 23.5 Å². The lowest BCUT2D eigenvalue weighted by atomic mass is 10.1. The van der Waals surface area contributed by atoms with Gasteiger partial charge in [0.15, 0.2) is 11.5 Å². The van der Waals surface area contributed by atoms with Crippen LogP contribution in [0.4, 0.5) is 0 Å².